The van der Waals surface area contributed by atoms with E-state index in [2.05, 4.69) is 12.2 Å². The van der Waals surface area contributed by atoms with Gasteiger partial charge in [-0.2, -0.15) is 0 Å². The maximum atomic E-state index is 11.6. The predicted octanol–water partition coefficient (Wildman–Crippen LogP) is 2.02. The molecule has 0 aliphatic carbocycles. The molecule has 0 saturated carbocycles. The van der Waals surface area contributed by atoms with Crippen molar-refractivity contribution in [3.63, 3.8) is 0 Å². The van der Waals surface area contributed by atoms with Crippen LogP contribution >= 0.6 is 0 Å². The van der Waals surface area contributed by atoms with Crippen molar-refractivity contribution in [1.82, 2.24) is 5.32 Å². The van der Waals surface area contributed by atoms with E-state index in [4.69, 9.17) is 5.11 Å². The summed E-state index contributed by atoms with van der Waals surface area (Å²) in [5, 5.41) is 21.2. The molecule has 0 unspecified atom stereocenters. The Morgan fingerprint density at radius 2 is 2.06 bits per heavy atom. The number of benzene rings is 1. The largest absolute Gasteiger partial charge is 0.508 e. The number of phenols is 2. The molecule has 0 bridgehead atoms. The van der Waals surface area contributed by atoms with Crippen LogP contribution in [0.3, 0.4) is 0 Å². The van der Waals surface area contributed by atoms with Gasteiger partial charge >= 0.3 is 0 Å². The van der Waals surface area contributed by atoms with Crippen molar-refractivity contribution in [3.8, 4) is 11.5 Å². The maximum Gasteiger partial charge on any atom is 0.255 e. The Morgan fingerprint density at radius 3 is 2.69 bits per heavy atom. The summed E-state index contributed by atoms with van der Waals surface area (Å²) in [6, 6.07) is 3.93. The molecule has 16 heavy (non-hydrogen) atoms. The number of hydrogen-bond donors (Lipinski definition) is 3. The first kappa shape index (κ1) is 12.4. The minimum Gasteiger partial charge on any atom is -0.508 e. The van der Waals surface area contributed by atoms with Crippen molar-refractivity contribution >= 4 is 5.91 Å². The molecule has 0 atom stereocenters. The van der Waals surface area contributed by atoms with Crippen molar-refractivity contribution in [2.24, 2.45) is 0 Å². The van der Waals surface area contributed by atoms with Gasteiger partial charge in [0.2, 0.25) is 0 Å². The van der Waals surface area contributed by atoms with Gasteiger partial charge in [0.15, 0.2) is 0 Å². The van der Waals surface area contributed by atoms with Crippen molar-refractivity contribution in [1.29, 1.82) is 0 Å². The zero-order chi connectivity index (χ0) is 12.0. The van der Waals surface area contributed by atoms with E-state index in [-0.39, 0.29) is 23.0 Å². The number of amides is 1. The molecule has 1 aromatic rings. The summed E-state index contributed by atoms with van der Waals surface area (Å²) in [6.45, 7) is 2.70. The Hall–Kier alpha value is -1.71. The summed E-state index contributed by atoms with van der Waals surface area (Å²) >= 11 is 0. The highest BCUT2D eigenvalue weighted by atomic mass is 16.3. The molecule has 0 saturated heterocycles. The second-order valence-corrected chi connectivity index (χ2v) is 3.66. The number of unbranched alkanes of at least 4 members (excludes halogenated alkanes) is 2. The van der Waals surface area contributed by atoms with Gasteiger partial charge in [-0.1, -0.05) is 19.8 Å². The molecule has 4 nitrogen and oxygen atoms in total. The molecule has 1 rings (SSSR count). The number of carbonyl (C=O) groups excluding carboxylic acids is 1. The van der Waals surface area contributed by atoms with Crippen LogP contribution in [0.25, 0.3) is 0 Å². The lowest BCUT2D eigenvalue weighted by atomic mass is 10.1. The fraction of sp³-hybridized carbons (Fsp3) is 0.417. The van der Waals surface area contributed by atoms with E-state index in [1.807, 2.05) is 0 Å². The van der Waals surface area contributed by atoms with Crippen LogP contribution in [-0.4, -0.2) is 22.7 Å². The van der Waals surface area contributed by atoms with E-state index in [0.29, 0.717) is 6.54 Å². The van der Waals surface area contributed by atoms with Crippen molar-refractivity contribution in [2.75, 3.05) is 6.54 Å². The van der Waals surface area contributed by atoms with Gasteiger partial charge in [-0.15, -0.1) is 0 Å². The van der Waals surface area contributed by atoms with Crippen molar-refractivity contribution in [3.05, 3.63) is 23.8 Å². The molecular formula is C12H17NO3. The SMILES string of the molecule is CCCCCNC(=O)c1ccc(O)cc1O. The Balaban J connectivity index is 2.53. The van der Waals surface area contributed by atoms with Crippen LogP contribution in [0.4, 0.5) is 0 Å². The van der Waals surface area contributed by atoms with Crippen LogP contribution in [0, 0.1) is 0 Å². The van der Waals surface area contributed by atoms with Crippen LogP contribution in [0.15, 0.2) is 18.2 Å². The van der Waals surface area contributed by atoms with Gasteiger partial charge in [0.1, 0.15) is 11.5 Å². The lowest BCUT2D eigenvalue weighted by molar-refractivity contribution is 0.0950. The zero-order valence-electron chi connectivity index (χ0n) is 9.36. The lowest BCUT2D eigenvalue weighted by Crippen LogP contribution is -2.24. The van der Waals surface area contributed by atoms with Crippen molar-refractivity contribution in [2.45, 2.75) is 26.2 Å². The van der Waals surface area contributed by atoms with E-state index in [1.54, 1.807) is 0 Å². The minimum absolute atomic E-state index is 0.0555. The van der Waals surface area contributed by atoms with Crippen LogP contribution in [0.5, 0.6) is 11.5 Å². The summed E-state index contributed by atoms with van der Waals surface area (Å²) in [5.74, 6) is -0.568. The first-order valence-corrected chi connectivity index (χ1v) is 5.45. The second kappa shape index (κ2) is 6.00. The van der Waals surface area contributed by atoms with Gasteiger partial charge in [0, 0.05) is 12.6 Å². The van der Waals surface area contributed by atoms with E-state index < -0.39 is 0 Å². The normalized spacial score (nSPS) is 10.1. The molecule has 3 N–H and O–H groups in total. The lowest BCUT2D eigenvalue weighted by Gasteiger charge is -2.06. The van der Waals surface area contributed by atoms with Gasteiger partial charge in [-0.3, -0.25) is 4.79 Å². The van der Waals surface area contributed by atoms with Gasteiger partial charge in [-0.25, -0.2) is 0 Å². The van der Waals surface area contributed by atoms with Gasteiger partial charge in [0.25, 0.3) is 5.91 Å². The van der Waals surface area contributed by atoms with Crippen LogP contribution in [0.2, 0.25) is 0 Å². The summed E-state index contributed by atoms with van der Waals surface area (Å²) in [7, 11) is 0. The molecular weight excluding hydrogens is 206 g/mol. The van der Waals surface area contributed by atoms with E-state index >= 15 is 0 Å². The molecule has 1 amide bonds. The summed E-state index contributed by atoms with van der Waals surface area (Å²) in [5.41, 5.74) is 0.189. The zero-order valence-corrected chi connectivity index (χ0v) is 9.36. The number of phenolic OH excluding ortho intramolecular Hbond substituents is 2. The minimum atomic E-state index is -0.311. The fourth-order valence-corrected chi connectivity index (χ4v) is 1.38. The van der Waals surface area contributed by atoms with Crippen molar-refractivity contribution < 1.29 is 15.0 Å². The smallest absolute Gasteiger partial charge is 0.255 e. The topological polar surface area (TPSA) is 69.6 Å². The number of nitrogens with one attached hydrogen (secondary N) is 1. The van der Waals surface area contributed by atoms with Crippen LogP contribution < -0.4 is 5.32 Å². The van der Waals surface area contributed by atoms with E-state index in [9.17, 15) is 9.90 Å². The van der Waals surface area contributed by atoms with Gasteiger partial charge in [0.05, 0.1) is 5.56 Å². The summed E-state index contributed by atoms with van der Waals surface area (Å²) in [4.78, 5) is 11.6. The Bertz CT molecular complexity index is 363. The number of hydrogen-bond acceptors (Lipinski definition) is 3. The van der Waals surface area contributed by atoms with Gasteiger partial charge < -0.3 is 15.5 Å². The fourth-order valence-electron chi connectivity index (χ4n) is 1.38. The molecule has 0 aliphatic rings. The third-order valence-corrected chi connectivity index (χ3v) is 2.29. The Labute approximate surface area is 94.9 Å². The number of aromatic hydroxyl groups is 2. The first-order chi connectivity index (χ1) is 7.65. The van der Waals surface area contributed by atoms with Crippen LogP contribution in [-0.2, 0) is 0 Å². The first-order valence-electron chi connectivity index (χ1n) is 5.45. The molecule has 0 spiro atoms. The number of carbonyl (C=O) groups is 1. The van der Waals surface area contributed by atoms with Crippen LogP contribution in [0.1, 0.15) is 36.5 Å². The molecule has 0 aromatic heterocycles. The third kappa shape index (κ3) is 3.46. The highest BCUT2D eigenvalue weighted by Gasteiger charge is 2.10. The molecule has 1 aromatic carbocycles. The quantitative estimate of drug-likeness (QED) is 0.669. The van der Waals surface area contributed by atoms with E-state index in [0.717, 1.165) is 25.3 Å². The molecule has 0 fully saturated rings. The summed E-state index contributed by atoms with van der Waals surface area (Å²) < 4.78 is 0. The average molecular weight is 223 g/mol. The average Bonchev–Trinajstić information content (AvgIpc) is 2.24. The second-order valence-electron chi connectivity index (χ2n) is 3.66. The Morgan fingerprint density at radius 1 is 1.31 bits per heavy atom. The maximum absolute atomic E-state index is 11.6. The monoisotopic (exact) mass is 223 g/mol. The standard InChI is InChI=1S/C12H17NO3/c1-2-3-4-7-13-12(16)10-6-5-9(14)8-11(10)15/h5-6,8,14-15H,2-4,7H2,1H3,(H,13,16). The summed E-state index contributed by atoms with van der Waals surface area (Å²) in [6.07, 6.45) is 3.10. The third-order valence-electron chi connectivity index (χ3n) is 2.29. The van der Waals surface area contributed by atoms with E-state index in [1.165, 1.54) is 12.1 Å². The Kier molecular flexibility index (Phi) is 4.64. The molecule has 0 aliphatic heterocycles. The van der Waals surface area contributed by atoms with Gasteiger partial charge in [-0.05, 0) is 18.6 Å². The predicted molar refractivity (Wildman–Crippen MR) is 61.6 cm³/mol. The highest BCUT2D eigenvalue weighted by molar-refractivity contribution is 5.96. The number of rotatable bonds is 5. The highest BCUT2D eigenvalue weighted by Crippen LogP contribution is 2.22. The molecule has 88 valence electrons. The molecule has 4 heteroatoms. The molecule has 0 heterocycles. The molecule has 0 radical (unpaired) electrons.